The molecule has 3 heterocycles. The number of amides is 1. The summed E-state index contributed by atoms with van der Waals surface area (Å²) >= 11 is 1.41. The Bertz CT molecular complexity index is 821. The lowest BCUT2D eigenvalue weighted by atomic mass is 10.3. The lowest BCUT2D eigenvalue weighted by molar-refractivity contribution is -0.131. The van der Waals surface area contributed by atoms with E-state index in [2.05, 4.69) is 15.2 Å². The van der Waals surface area contributed by atoms with Gasteiger partial charge in [0.15, 0.2) is 0 Å². The number of H-pyrrole nitrogens is 1. The van der Waals surface area contributed by atoms with Crippen LogP contribution in [0.2, 0.25) is 0 Å². The number of aromatic amines is 1. The van der Waals surface area contributed by atoms with Gasteiger partial charge in [0.1, 0.15) is 11.4 Å². The van der Waals surface area contributed by atoms with Gasteiger partial charge in [0.2, 0.25) is 5.91 Å². The summed E-state index contributed by atoms with van der Waals surface area (Å²) in [6, 6.07) is 1.73. The normalized spacial score (nSPS) is 10.9. The van der Waals surface area contributed by atoms with Crippen molar-refractivity contribution in [3.63, 3.8) is 0 Å². The largest absolute Gasteiger partial charge is 0.340 e. The third-order valence-corrected chi connectivity index (χ3v) is 3.98. The number of nitrogens with zero attached hydrogens (tertiary/aromatic N) is 4. The molecule has 21 heavy (non-hydrogen) atoms. The van der Waals surface area contributed by atoms with Crippen LogP contribution >= 0.6 is 11.3 Å². The van der Waals surface area contributed by atoms with Crippen LogP contribution in [0.25, 0.3) is 10.2 Å². The lowest BCUT2D eigenvalue weighted by Crippen LogP contribution is -2.33. The maximum atomic E-state index is 12.2. The topological polar surface area (TPSA) is 83.9 Å². The summed E-state index contributed by atoms with van der Waals surface area (Å²) in [7, 11) is 1.69. The van der Waals surface area contributed by atoms with E-state index in [1.807, 2.05) is 5.38 Å². The SMILES string of the molecule is CN(Cc1cn[nH]c1)C(=O)Cn1cnc2sccc2c1=O. The Morgan fingerprint density at radius 3 is 3.14 bits per heavy atom. The molecule has 0 radical (unpaired) electrons. The molecule has 8 heteroatoms. The Balaban J connectivity index is 1.76. The molecule has 3 aromatic heterocycles. The van der Waals surface area contributed by atoms with Gasteiger partial charge in [-0.25, -0.2) is 4.98 Å². The number of likely N-dealkylation sites (N-methyl/N-ethyl adjacent to an activating group) is 1. The van der Waals surface area contributed by atoms with E-state index in [0.717, 1.165) is 5.56 Å². The Kier molecular flexibility index (Phi) is 3.53. The zero-order valence-electron chi connectivity index (χ0n) is 11.3. The zero-order chi connectivity index (χ0) is 14.8. The van der Waals surface area contributed by atoms with Crippen molar-refractivity contribution >= 4 is 27.5 Å². The molecule has 0 bridgehead atoms. The molecule has 0 fully saturated rings. The molecule has 0 aliphatic carbocycles. The summed E-state index contributed by atoms with van der Waals surface area (Å²) < 4.78 is 1.34. The van der Waals surface area contributed by atoms with Crippen LogP contribution in [-0.4, -0.2) is 37.6 Å². The molecule has 0 aliphatic heterocycles. The van der Waals surface area contributed by atoms with Crippen LogP contribution in [0, 0.1) is 0 Å². The van der Waals surface area contributed by atoms with Crippen LogP contribution in [0.1, 0.15) is 5.56 Å². The Morgan fingerprint density at radius 1 is 1.52 bits per heavy atom. The summed E-state index contributed by atoms with van der Waals surface area (Å²) in [6.45, 7) is 0.421. The standard InChI is InChI=1S/C13H13N5O2S/c1-17(6-9-4-15-16-5-9)11(19)7-18-8-14-12-10(13(18)20)2-3-21-12/h2-5,8H,6-7H2,1H3,(H,15,16). The number of fused-ring (bicyclic) bond motifs is 1. The van der Waals surface area contributed by atoms with E-state index in [1.54, 1.807) is 30.4 Å². The molecule has 1 amide bonds. The number of carbonyl (C=O) groups excluding carboxylic acids is 1. The Morgan fingerprint density at radius 2 is 2.38 bits per heavy atom. The van der Waals surface area contributed by atoms with Gasteiger partial charge in [-0.1, -0.05) is 0 Å². The average molecular weight is 303 g/mol. The highest BCUT2D eigenvalue weighted by Crippen LogP contribution is 2.13. The van der Waals surface area contributed by atoms with Crippen LogP contribution in [-0.2, 0) is 17.9 Å². The van der Waals surface area contributed by atoms with E-state index in [1.165, 1.54) is 22.2 Å². The number of carbonyl (C=O) groups is 1. The minimum absolute atomic E-state index is 0.0219. The molecule has 0 aliphatic rings. The van der Waals surface area contributed by atoms with Crippen molar-refractivity contribution in [2.24, 2.45) is 0 Å². The second-order valence-electron chi connectivity index (χ2n) is 4.67. The van der Waals surface area contributed by atoms with Crippen LogP contribution < -0.4 is 5.56 Å². The van der Waals surface area contributed by atoms with Gasteiger partial charge in [0.05, 0.1) is 17.9 Å². The third kappa shape index (κ3) is 2.70. The van der Waals surface area contributed by atoms with Gasteiger partial charge in [-0.15, -0.1) is 11.3 Å². The number of hydrogen-bond acceptors (Lipinski definition) is 5. The number of hydrogen-bond donors (Lipinski definition) is 1. The first-order valence-electron chi connectivity index (χ1n) is 6.29. The predicted molar refractivity (Wildman–Crippen MR) is 78.9 cm³/mol. The maximum Gasteiger partial charge on any atom is 0.262 e. The molecule has 7 nitrogen and oxygen atoms in total. The first-order chi connectivity index (χ1) is 10.1. The maximum absolute atomic E-state index is 12.2. The number of aromatic nitrogens is 4. The predicted octanol–water partition coefficient (Wildman–Crippen LogP) is 0.840. The van der Waals surface area contributed by atoms with Gasteiger partial charge in [-0.2, -0.15) is 5.10 Å². The second-order valence-corrected chi connectivity index (χ2v) is 5.57. The highest BCUT2D eigenvalue weighted by Gasteiger charge is 2.13. The zero-order valence-corrected chi connectivity index (χ0v) is 12.1. The molecule has 0 spiro atoms. The Labute approximate surface area is 123 Å². The van der Waals surface area contributed by atoms with Crippen LogP contribution in [0.4, 0.5) is 0 Å². The smallest absolute Gasteiger partial charge is 0.262 e. The molecule has 0 unspecified atom stereocenters. The van der Waals surface area contributed by atoms with E-state index in [4.69, 9.17) is 0 Å². The Hall–Kier alpha value is -2.48. The van der Waals surface area contributed by atoms with Crippen molar-refractivity contribution < 1.29 is 4.79 Å². The van der Waals surface area contributed by atoms with Crippen molar-refractivity contribution in [1.29, 1.82) is 0 Å². The van der Waals surface area contributed by atoms with Gasteiger partial charge in [-0.05, 0) is 11.4 Å². The molecule has 0 atom stereocenters. The first-order valence-corrected chi connectivity index (χ1v) is 7.17. The summed E-state index contributed by atoms with van der Waals surface area (Å²) in [4.78, 5) is 30.8. The van der Waals surface area contributed by atoms with Gasteiger partial charge >= 0.3 is 0 Å². The van der Waals surface area contributed by atoms with Gasteiger partial charge in [-0.3, -0.25) is 19.3 Å². The van der Waals surface area contributed by atoms with E-state index >= 15 is 0 Å². The lowest BCUT2D eigenvalue weighted by Gasteiger charge is -2.16. The molecule has 108 valence electrons. The summed E-state index contributed by atoms with van der Waals surface area (Å²) in [5, 5.41) is 8.90. The number of rotatable bonds is 4. The van der Waals surface area contributed by atoms with E-state index in [-0.39, 0.29) is 18.0 Å². The van der Waals surface area contributed by atoms with Crippen molar-refractivity contribution in [2.45, 2.75) is 13.1 Å². The quantitative estimate of drug-likeness (QED) is 0.774. The molecular weight excluding hydrogens is 290 g/mol. The minimum atomic E-state index is -0.189. The summed E-state index contributed by atoms with van der Waals surface area (Å²) in [5.41, 5.74) is 0.718. The fourth-order valence-corrected chi connectivity index (χ4v) is 2.72. The molecule has 3 rings (SSSR count). The third-order valence-electron chi connectivity index (χ3n) is 3.16. The molecule has 1 N–H and O–H groups in total. The van der Waals surface area contributed by atoms with Crippen molar-refractivity contribution in [3.05, 3.63) is 46.1 Å². The highest BCUT2D eigenvalue weighted by molar-refractivity contribution is 7.16. The molecule has 0 aromatic carbocycles. The van der Waals surface area contributed by atoms with Crippen molar-refractivity contribution in [2.75, 3.05) is 7.05 Å². The van der Waals surface area contributed by atoms with Crippen LogP contribution in [0.5, 0.6) is 0 Å². The minimum Gasteiger partial charge on any atom is -0.340 e. The average Bonchev–Trinajstić information content (AvgIpc) is 3.12. The van der Waals surface area contributed by atoms with E-state index < -0.39 is 0 Å². The van der Waals surface area contributed by atoms with Gasteiger partial charge in [0, 0.05) is 25.4 Å². The van der Waals surface area contributed by atoms with E-state index in [9.17, 15) is 9.59 Å². The number of nitrogens with one attached hydrogen (secondary N) is 1. The van der Waals surface area contributed by atoms with Gasteiger partial charge in [0.25, 0.3) is 5.56 Å². The van der Waals surface area contributed by atoms with Crippen LogP contribution in [0.3, 0.4) is 0 Å². The molecule has 0 saturated carbocycles. The fourth-order valence-electron chi connectivity index (χ4n) is 2.00. The van der Waals surface area contributed by atoms with Crippen molar-refractivity contribution in [1.82, 2.24) is 24.6 Å². The monoisotopic (exact) mass is 303 g/mol. The number of thiophene rings is 1. The summed E-state index contributed by atoms with van der Waals surface area (Å²) in [5.74, 6) is -0.158. The van der Waals surface area contributed by atoms with Gasteiger partial charge < -0.3 is 4.90 Å². The van der Waals surface area contributed by atoms with E-state index in [0.29, 0.717) is 16.8 Å². The molecule has 0 saturated heterocycles. The second kappa shape index (κ2) is 5.49. The first kappa shape index (κ1) is 13.5. The summed E-state index contributed by atoms with van der Waals surface area (Å²) in [6.07, 6.45) is 4.81. The van der Waals surface area contributed by atoms with Crippen molar-refractivity contribution in [3.8, 4) is 0 Å². The van der Waals surface area contributed by atoms with Crippen LogP contribution in [0.15, 0.2) is 35.0 Å². The molecule has 3 aromatic rings. The molecular formula is C13H13N5O2S. The highest BCUT2D eigenvalue weighted by atomic mass is 32.1. The fraction of sp³-hybridized carbons (Fsp3) is 0.231.